The quantitative estimate of drug-likeness (QED) is 0.190. The maximum absolute atomic E-state index is 4.97. The summed E-state index contributed by atoms with van der Waals surface area (Å²) in [6.45, 7) is 0. The van der Waals surface area contributed by atoms with Crippen LogP contribution in [0.4, 0.5) is 0 Å². The average Bonchev–Trinajstić information content (AvgIpc) is 3.84. The van der Waals surface area contributed by atoms with E-state index < -0.39 is 0 Å². The van der Waals surface area contributed by atoms with Gasteiger partial charge in [0.25, 0.3) is 0 Å². The Morgan fingerprint density at radius 2 is 0.745 bits per heavy atom. The Bertz CT molecular complexity index is 3030. The molecule has 11 rings (SSSR count). The maximum Gasteiger partial charge on any atom is 0.234 e. The van der Waals surface area contributed by atoms with Crippen LogP contribution in [0.2, 0.25) is 0 Å². The van der Waals surface area contributed by atoms with E-state index >= 15 is 0 Å². The first-order valence-electron chi connectivity index (χ1n) is 17.3. The third-order valence-corrected chi connectivity index (χ3v) is 10.4. The molecule has 0 aliphatic rings. The van der Waals surface area contributed by atoms with Crippen LogP contribution in [-0.2, 0) is 0 Å². The van der Waals surface area contributed by atoms with Crippen molar-refractivity contribution in [1.82, 2.24) is 23.7 Å². The second kappa shape index (κ2) is 10.8. The zero-order chi connectivity index (χ0) is 33.5. The van der Waals surface area contributed by atoms with Gasteiger partial charge in [-0.15, -0.1) is 0 Å². The first kappa shape index (κ1) is 27.9. The minimum atomic E-state index is 0.656. The van der Waals surface area contributed by atoms with E-state index in [-0.39, 0.29) is 0 Å². The Morgan fingerprint density at radius 1 is 0.333 bits per heavy atom. The molecule has 0 N–H and O–H groups in total. The highest BCUT2D eigenvalue weighted by atomic mass is 15.1. The molecule has 0 bridgehead atoms. The highest BCUT2D eigenvalue weighted by molar-refractivity contribution is 6.13. The molecule has 11 aromatic rings. The van der Waals surface area contributed by atoms with Gasteiger partial charge in [0.05, 0.1) is 38.8 Å². The molecule has 0 saturated heterocycles. The van der Waals surface area contributed by atoms with Crippen molar-refractivity contribution in [3.05, 3.63) is 176 Å². The summed E-state index contributed by atoms with van der Waals surface area (Å²) in [5.74, 6) is 0.656. The van der Waals surface area contributed by atoms with Crippen molar-refractivity contribution in [3.8, 4) is 28.5 Å². The highest BCUT2D eigenvalue weighted by Gasteiger charge is 2.19. The molecular weight excluding hydrogens is 623 g/mol. The summed E-state index contributed by atoms with van der Waals surface area (Å²) in [6.07, 6.45) is 3.91. The number of hydrogen-bond acceptors (Lipinski definition) is 2. The number of benzene rings is 7. The Kier molecular flexibility index (Phi) is 5.89. The maximum atomic E-state index is 4.97. The summed E-state index contributed by atoms with van der Waals surface area (Å²) in [7, 11) is 0. The minimum Gasteiger partial charge on any atom is -0.309 e. The van der Waals surface area contributed by atoms with Crippen molar-refractivity contribution < 1.29 is 0 Å². The molecule has 0 aliphatic carbocycles. The third kappa shape index (κ3) is 4.03. The van der Waals surface area contributed by atoms with Crippen LogP contribution in [0, 0.1) is 0 Å². The molecule has 51 heavy (non-hydrogen) atoms. The van der Waals surface area contributed by atoms with Gasteiger partial charge < -0.3 is 9.13 Å². The molecule has 7 aromatic carbocycles. The lowest BCUT2D eigenvalue weighted by atomic mass is 10.1. The fraction of sp³-hybridized carbons (Fsp3) is 0. The van der Waals surface area contributed by atoms with Crippen LogP contribution in [0.25, 0.3) is 93.9 Å². The van der Waals surface area contributed by atoms with Gasteiger partial charge in [0, 0.05) is 61.5 Å². The van der Waals surface area contributed by atoms with Gasteiger partial charge >= 0.3 is 0 Å². The van der Waals surface area contributed by atoms with Gasteiger partial charge in [0.1, 0.15) is 0 Å². The summed E-state index contributed by atoms with van der Waals surface area (Å²) in [6, 6.07) is 58.4. The van der Waals surface area contributed by atoms with Crippen LogP contribution in [0.15, 0.2) is 176 Å². The first-order valence-corrected chi connectivity index (χ1v) is 17.3. The predicted molar refractivity (Wildman–Crippen MR) is 210 cm³/mol. The zero-order valence-electron chi connectivity index (χ0n) is 27.5. The average molecular weight is 652 g/mol. The fourth-order valence-electron chi connectivity index (χ4n) is 8.19. The van der Waals surface area contributed by atoms with E-state index in [1.54, 1.807) is 0 Å². The van der Waals surface area contributed by atoms with Crippen molar-refractivity contribution in [2.24, 2.45) is 0 Å². The van der Waals surface area contributed by atoms with E-state index in [4.69, 9.17) is 9.97 Å². The Morgan fingerprint density at radius 3 is 1.29 bits per heavy atom. The Labute approximate surface area is 292 Å². The topological polar surface area (TPSA) is 40.6 Å². The normalized spacial score (nSPS) is 11.9. The fourth-order valence-corrected chi connectivity index (χ4v) is 8.19. The molecule has 0 saturated carbocycles. The number of aromatic nitrogens is 5. The number of rotatable bonds is 4. The molecule has 5 nitrogen and oxygen atoms in total. The zero-order valence-corrected chi connectivity index (χ0v) is 27.5. The summed E-state index contributed by atoms with van der Waals surface area (Å²) < 4.78 is 6.93. The minimum absolute atomic E-state index is 0.656. The van der Waals surface area contributed by atoms with E-state index in [0.717, 1.165) is 44.6 Å². The van der Waals surface area contributed by atoms with Crippen molar-refractivity contribution >= 4 is 65.4 Å². The second-order valence-electron chi connectivity index (χ2n) is 13.1. The summed E-state index contributed by atoms with van der Waals surface area (Å²) >= 11 is 0. The van der Waals surface area contributed by atoms with E-state index in [2.05, 4.69) is 177 Å². The van der Waals surface area contributed by atoms with Gasteiger partial charge in [-0.1, -0.05) is 109 Å². The van der Waals surface area contributed by atoms with Crippen LogP contribution in [-0.4, -0.2) is 23.7 Å². The van der Waals surface area contributed by atoms with E-state index in [0.29, 0.717) is 5.95 Å². The molecule has 0 fully saturated rings. The van der Waals surface area contributed by atoms with E-state index in [1.807, 2.05) is 12.4 Å². The molecule has 4 aromatic heterocycles. The number of hydrogen-bond donors (Lipinski definition) is 0. The SMILES string of the molecule is c1ccc(-n2c3ccccc3c3cc(-n4c5ccccc5c5ccccc54)ccc32)c(-c2cnc(-n3c4ccccc4c4ccccc43)nc2)c1. The van der Waals surface area contributed by atoms with Crippen molar-refractivity contribution in [2.45, 2.75) is 0 Å². The lowest BCUT2D eigenvalue weighted by molar-refractivity contribution is 0.989. The molecule has 0 aliphatic heterocycles. The Hall–Kier alpha value is -6.98. The van der Waals surface area contributed by atoms with Gasteiger partial charge in [0.2, 0.25) is 5.95 Å². The second-order valence-corrected chi connectivity index (χ2v) is 13.1. The van der Waals surface area contributed by atoms with Gasteiger partial charge in [-0.2, -0.15) is 0 Å². The lowest BCUT2D eigenvalue weighted by Crippen LogP contribution is -2.02. The van der Waals surface area contributed by atoms with Gasteiger partial charge in [-0.3, -0.25) is 4.57 Å². The van der Waals surface area contributed by atoms with E-state index in [9.17, 15) is 0 Å². The molecule has 0 spiro atoms. The van der Waals surface area contributed by atoms with Crippen molar-refractivity contribution in [3.63, 3.8) is 0 Å². The first-order chi connectivity index (χ1) is 25.3. The molecule has 5 heteroatoms. The molecule has 0 amide bonds. The summed E-state index contributed by atoms with van der Waals surface area (Å²) in [5.41, 5.74) is 11.2. The largest absolute Gasteiger partial charge is 0.309 e. The van der Waals surface area contributed by atoms with Crippen LogP contribution in [0.3, 0.4) is 0 Å². The smallest absolute Gasteiger partial charge is 0.234 e. The summed E-state index contributed by atoms with van der Waals surface area (Å²) in [5, 5.41) is 7.32. The van der Waals surface area contributed by atoms with Crippen LogP contribution in [0.1, 0.15) is 0 Å². The number of nitrogens with zero attached hydrogens (tertiary/aromatic N) is 5. The van der Waals surface area contributed by atoms with E-state index in [1.165, 1.54) is 43.4 Å². The van der Waals surface area contributed by atoms with Crippen LogP contribution >= 0.6 is 0 Å². The predicted octanol–water partition coefficient (Wildman–Crippen LogP) is 11.4. The highest BCUT2D eigenvalue weighted by Crippen LogP contribution is 2.39. The van der Waals surface area contributed by atoms with Crippen molar-refractivity contribution in [1.29, 1.82) is 0 Å². The van der Waals surface area contributed by atoms with Crippen molar-refractivity contribution in [2.75, 3.05) is 0 Å². The molecule has 0 unspecified atom stereocenters. The molecule has 0 radical (unpaired) electrons. The molecule has 0 atom stereocenters. The van der Waals surface area contributed by atoms with Gasteiger partial charge in [0.15, 0.2) is 0 Å². The number of para-hydroxylation sites is 6. The standard InChI is InChI=1S/C46H29N5/c1-7-19-39(32(13-1)30-28-47-46(48-29-30)51-43-23-11-4-16-35(43)36-17-5-12-24-44(36)51)50-42-22-10-6-18-37(42)38-27-31(25-26-45(38)50)49-40-20-8-2-14-33(40)34-15-3-9-21-41(34)49/h1-29H. The lowest BCUT2D eigenvalue weighted by Gasteiger charge is -2.14. The third-order valence-electron chi connectivity index (χ3n) is 10.4. The molecule has 238 valence electrons. The monoisotopic (exact) mass is 651 g/mol. The number of fused-ring (bicyclic) bond motifs is 9. The van der Waals surface area contributed by atoms with Gasteiger partial charge in [-0.05, 0) is 54.6 Å². The van der Waals surface area contributed by atoms with Crippen LogP contribution in [0.5, 0.6) is 0 Å². The van der Waals surface area contributed by atoms with Crippen LogP contribution < -0.4 is 0 Å². The van der Waals surface area contributed by atoms with Gasteiger partial charge in [-0.25, -0.2) is 9.97 Å². The molecule has 4 heterocycles. The summed E-state index contributed by atoms with van der Waals surface area (Å²) in [4.78, 5) is 9.95. The molecular formula is C46H29N5. The Balaban J connectivity index is 1.08.